The number of rotatable bonds is 11. The molecule has 122 valence electrons. The van der Waals surface area contributed by atoms with Crippen LogP contribution in [-0.2, 0) is 4.79 Å². The summed E-state index contributed by atoms with van der Waals surface area (Å²) in [6.45, 7) is 9.71. The molecule has 0 bridgehead atoms. The number of hydrogen-bond acceptors (Lipinski definition) is 3. The fourth-order valence-corrected chi connectivity index (χ4v) is 3.15. The molecule has 1 amide bonds. The maximum atomic E-state index is 11.8. The van der Waals surface area contributed by atoms with Crippen molar-refractivity contribution in [3.05, 3.63) is 0 Å². The van der Waals surface area contributed by atoms with Crippen LogP contribution in [0, 0.1) is 11.8 Å². The number of primary amides is 1. The lowest BCUT2D eigenvalue weighted by molar-refractivity contribution is -0.124. The molecule has 0 aromatic carbocycles. The Labute approximate surface area is 129 Å². The minimum atomic E-state index is -0.570. The van der Waals surface area contributed by atoms with Gasteiger partial charge in [0.05, 0.1) is 5.54 Å². The molecule has 0 spiro atoms. The maximum Gasteiger partial charge on any atom is 0.237 e. The van der Waals surface area contributed by atoms with Crippen LogP contribution in [0.3, 0.4) is 0 Å². The SMILES string of the molecule is CC(C)NC(C)(CCCN(CC1CC1)CC1CC1)C(N)=O. The molecule has 3 N–H and O–H groups in total. The third-order valence-electron chi connectivity index (χ3n) is 4.73. The fraction of sp³-hybridized carbons (Fsp3) is 0.941. The van der Waals surface area contributed by atoms with Gasteiger partial charge >= 0.3 is 0 Å². The van der Waals surface area contributed by atoms with Crippen molar-refractivity contribution in [2.45, 2.75) is 70.9 Å². The maximum absolute atomic E-state index is 11.8. The van der Waals surface area contributed by atoms with Crippen molar-refractivity contribution in [2.75, 3.05) is 19.6 Å². The summed E-state index contributed by atoms with van der Waals surface area (Å²) in [6.07, 6.45) is 7.51. The Bertz CT molecular complexity index is 336. The van der Waals surface area contributed by atoms with Gasteiger partial charge in [-0.15, -0.1) is 0 Å². The van der Waals surface area contributed by atoms with Crippen LogP contribution in [0.2, 0.25) is 0 Å². The van der Waals surface area contributed by atoms with Crippen LogP contribution in [0.5, 0.6) is 0 Å². The molecule has 2 saturated carbocycles. The molecule has 0 aromatic heterocycles. The number of hydrogen-bond donors (Lipinski definition) is 2. The first-order valence-electron chi connectivity index (χ1n) is 8.69. The number of nitrogens with zero attached hydrogens (tertiary/aromatic N) is 1. The lowest BCUT2D eigenvalue weighted by atomic mass is 9.93. The smallest absolute Gasteiger partial charge is 0.237 e. The first kappa shape index (κ1) is 16.8. The van der Waals surface area contributed by atoms with E-state index in [2.05, 4.69) is 24.1 Å². The summed E-state index contributed by atoms with van der Waals surface area (Å²) in [4.78, 5) is 14.4. The summed E-state index contributed by atoms with van der Waals surface area (Å²) in [7, 11) is 0. The van der Waals surface area contributed by atoms with Crippen LogP contribution >= 0.6 is 0 Å². The molecule has 1 atom stereocenters. The summed E-state index contributed by atoms with van der Waals surface area (Å²) < 4.78 is 0. The Morgan fingerprint density at radius 3 is 2.14 bits per heavy atom. The predicted octanol–water partition coefficient (Wildman–Crippen LogP) is 2.13. The van der Waals surface area contributed by atoms with Gasteiger partial charge in [0.1, 0.15) is 0 Å². The molecule has 0 aliphatic heterocycles. The predicted molar refractivity (Wildman–Crippen MR) is 87.0 cm³/mol. The molecule has 2 aliphatic carbocycles. The van der Waals surface area contributed by atoms with Gasteiger partial charge in [-0.2, -0.15) is 0 Å². The molecule has 0 radical (unpaired) electrons. The van der Waals surface area contributed by atoms with E-state index in [-0.39, 0.29) is 11.9 Å². The summed E-state index contributed by atoms with van der Waals surface area (Å²) in [5, 5.41) is 3.34. The summed E-state index contributed by atoms with van der Waals surface area (Å²) in [5.74, 6) is 1.66. The Balaban J connectivity index is 1.76. The van der Waals surface area contributed by atoms with E-state index in [4.69, 9.17) is 5.73 Å². The lowest BCUT2D eigenvalue weighted by Gasteiger charge is -2.31. The first-order chi connectivity index (χ1) is 9.89. The largest absolute Gasteiger partial charge is 0.368 e. The minimum Gasteiger partial charge on any atom is -0.368 e. The topological polar surface area (TPSA) is 58.4 Å². The van der Waals surface area contributed by atoms with E-state index in [0.717, 1.165) is 31.2 Å². The van der Waals surface area contributed by atoms with E-state index >= 15 is 0 Å². The Hall–Kier alpha value is -0.610. The van der Waals surface area contributed by atoms with Crippen LogP contribution in [0.15, 0.2) is 0 Å². The highest BCUT2D eigenvalue weighted by molar-refractivity contribution is 5.84. The van der Waals surface area contributed by atoms with E-state index in [1.807, 2.05) is 6.92 Å². The monoisotopic (exact) mass is 295 g/mol. The third-order valence-corrected chi connectivity index (χ3v) is 4.73. The molecular formula is C17H33N3O. The number of carbonyl (C=O) groups is 1. The van der Waals surface area contributed by atoms with Crippen LogP contribution in [0.25, 0.3) is 0 Å². The summed E-state index contributed by atoms with van der Waals surface area (Å²) >= 11 is 0. The van der Waals surface area contributed by atoms with Crippen molar-refractivity contribution in [1.82, 2.24) is 10.2 Å². The molecule has 4 nitrogen and oxygen atoms in total. The van der Waals surface area contributed by atoms with E-state index in [9.17, 15) is 4.79 Å². The molecule has 0 heterocycles. The minimum absolute atomic E-state index is 0.230. The van der Waals surface area contributed by atoms with Crippen molar-refractivity contribution >= 4 is 5.91 Å². The molecular weight excluding hydrogens is 262 g/mol. The zero-order chi connectivity index (χ0) is 15.5. The van der Waals surface area contributed by atoms with E-state index in [1.165, 1.54) is 38.8 Å². The Morgan fingerprint density at radius 2 is 1.76 bits per heavy atom. The molecule has 0 saturated heterocycles. The van der Waals surface area contributed by atoms with Gasteiger partial charge in [0.2, 0.25) is 5.91 Å². The zero-order valence-corrected chi connectivity index (χ0v) is 14.0. The second kappa shape index (κ2) is 7.10. The molecule has 21 heavy (non-hydrogen) atoms. The van der Waals surface area contributed by atoms with Gasteiger partial charge in [0.15, 0.2) is 0 Å². The highest BCUT2D eigenvalue weighted by Crippen LogP contribution is 2.33. The second-order valence-corrected chi connectivity index (χ2v) is 7.75. The normalized spacial score (nSPS) is 21.8. The van der Waals surface area contributed by atoms with Gasteiger partial charge < -0.3 is 16.0 Å². The number of nitrogens with one attached hydrogen (secondary N) is 1. The first-order valence-corrected chi connectivity index (χ1v) is 8.69. The zero-order valence-electron chi connectivity index (χ0n) is 14.0. The molecule has 0 aromatic rings. The molecule has 1 unspecified atom stereocenters. The molecule has 4 heteroatoms. The van der Waals surface area contributed by atoms with Crippen molar-refractivity contribution in [2.24, 2.45) is 17.6 Å². The summed E-state index contributed by atoms with van der Waals surface area (Å²) in [6, 6.07) is 0.275. The van der Waals surface area contributed by atoms with E-state index < -0.39 is 5.54 Å². The molecule has 2 aliphatic rings. The standard InChI is InChI=1S/C17H33N3O/c1-13(2)19-17(3,16(18)21)9-4-10-20(11-14-5-6-14)12-15-7-8-15/h13-15,19H,4-12H2,1-3H3,(H2,18,21). The average molecular weight is 295 g/mol. The van der Waals surface area contributed by atoms with Crippen molar-refractivity contribution in [3.8, 4) is 0 Å². The van der Waals surface area contributed by atoms with Gasteiger partial charge in [0, 0.05) is 19.1 Å². The highest BCUT2D eigenvalue weighted by atomic mass is 16.1. The van der Waals surface area contributed by atoms with Crippen LogP contribution in [-0.4, -0.2) is 42.0 Å². The fourth-order valence-electron chi connectivity index (χ4n) is 3.15. The molecule has 2 fully saturated rings. The summed E-state index contributed by atoms with van der Waals surface area (Å²) in [5.41, 5.74) is 5.03. The quantitative estimate of drug-likeness (QED) is 0.614. The van der Waals surface area contributed by atoms with Crippen LogP contribution < -0.4 is 11.1 Å². The van der Waals surface area contributed by atoms with Crippen LogP contribution in [0.4, 0.5) is 0 Å². The van der Waals surface area contributed by atoms with Crippen molar-refractivity contribution in [3.63, 3.8) is 0 Å². The van der Waals surface area contributed by atoms with Crippen molar-refractivity contribution in [1.29, 1.82) is 0 Å². The average Bonchev–Trinajstić information content (AvgIpc) is 3.23. The second-order valence-electron chi connectivity index (χ2n) is 7.75. The van der Waals surface area contributed by atoms with Gasteiger partial charge in [-0.1, -0.05) is 0 Å². The lowest BCUT2D eigenvalue weighted by Crippen LogP contribution is -2.55. The third kappa shape index (κ3) is 5.95. The van der Waals surface area contributed by atoms with E-state index in [1.54, 1.807) is 0 Å². The van der Waals surface area contributed by atoms with Gasteiger partial charge in [-0.3, -0.25) is 4.79 Å². The van der Waals surface area contributed by atoms with Gasteiger partial charge in [0.25, 0.3) is 0 Å². The Kier molecular flexibility index (Phi) is 5.67. The number of amides is 1. The molecule has 2 rings (SSSR count). The van der Waals surface area contributed by atoms with Gasteiger partial charge in [-0.25, -0.2) is 0 Å². The van der Waals surface area contributed by atoms with Crippen LogP contribution in [0.1, 0.15) is 59.3 Å². The van der Waals surface area contributed by atoms with Crippen molar-refractivity contribution < 1.29 is 4.79 Å². The number of carbonyl (C=O) groups excluding carboxylic acids is 1. The number of nitrogens with two attached hydrogens (primary N) is 1. The van der Waals surface area contributed by atoms with Gasteiger partial charge in [-0.05, 0) is 77.7 Å². The Morgan fingerprint density at radius 1 is 1.24 bits per heavy atom. The highest BCUT2D eigenvalue weighted by Gasteiger charge is 2.32. The van der Waals surface area contributed by atoms with E-state index in [0.29, 0.717) is 0 Å².